The third-order valence-electron chi connectivity index (χ3n) is 4.30. The second kappa shape index (κ2) is 10.7. The number of ether oxygens (including phenoxy) is 2. The first-order valence-corrected chi connectivity index (χ1v) is 10.9. The van der Waals surface area contributed by atoms with Gasteiger partial charge < -0.3 is 9.47 Å². The molecule has 3 aromatic carbocycles. The van der Waals surface area contributed by atoms with Crippen molar-refractivity contribution in [1.82, 2.24) is 0 Å². The van der Waals surface area contributed by atoms with Crippen molar-refractivity contribution < 1.29 is 13.9 Å². The second-order valence-electron chi connectivity index (χ2n) is 6.47. The molecule has 0 aliphatic heterocycles. The van der Waals surface area contributed by atoms with E-state index in [1.165, 1.54) is 12.1 Å². The standard InChI is InChI=1S/C24H17BrCl2FNO2/c1-2-30-23-11-17(9-18(13-29)16-4-3-5-19(28)10-16)20(25)12-24(23)31-14-15-6-7-21(26)22(27)8-15/h3-12H,2,14H2,1H3/b18-9-. The van der Waals surface area contributed by atoms with Gasteiger partial charge in [-0.3, -0.25) is 0 Å². The van der Waals surface area contributed by atoms with E-state index in [9.17, 15) is 9.65 Å². The van der Waals surface area contributed by atoms with Gasteiger partial charge in [0.2, 0.25) is 0 Å². The van der Waals surface area contributed by atoms with Crippen LogP contribution in [-0.2, 0) is 6.61 Å². The van der Waals surface area contributed by atoms with Gasteiger partial charge in [-0.1, -0.05) is 57.3 Å². The lowest BCUT2D eigenvalue weighted by Gasteiger charge is -2.14. The number of benzene rings is 3. The van der Waals surface area contributed by atoms with Crippen LogP contribution in [-0.4, -0.2) is 6.61 Å². The van der Waals surface area contributed by atoms with Gasteiger partial charge in [-0.05, 0) is 66.1 Å². The highest BCUT2D eigenvalue weighted by molar-refractivity contribution is 9.10. The molecule has 7 heteroatoms. The summed E-state index contributed by atoms with van der Waals surface area (Å²) in [6, 6.07) is 16.9. The Kier molecular flexibility index (Phi) is 7.97. The number of allylic oxidation sites excluding steroid dienone is 1. The molecule has 0 saturated heterocycles. The molecule has 0 bridgehead atoms. The Hall–Kier alpha value is -2.52. The van der Waals surface area contributed by atoms with Crippen LogP contribution in [0, 0.1) is 17.1 Å². The first-order chi connectivity index (χ1) is 14.9. The summed E-state index contributed by atoms with van der Waals surface area (Å²) in [4.78, 5) is 0. The fourth-order valence-electron chi connectivity index (χ4n) is 2.82. The number of rotatable bonds is 7. The maximum atomic E-state index is 13.6. The first kappa shape index (κ1) is 23.1. The smallest absolute Gasteiger partial charge is 0.162 e. The van der Waals surface area contributed by atoms with Crippen LogP contribution in [0.5, 0.6) is 11.5 Å². The van der Waals surface area contributed by atoms with E-state index < -0.39 is 5.82 Å². The zero-order valence-corrected chi connectivity index (χ0v) is 19.6. The summed E-state index contributed by atoms with van der Waals surface area (Å²) in [6.07, 6.45) is 1.67. The Morgan fingerprint density at radius 1 is 1.06 bits per heavy atom. The second-order valence-corrected chi connectivity index (χ2v) is 8.14. The largest absolute Gasteiger partial charge is 0.490 e. The van der Waals surface area contributed by atoms with E-state index in [1.54, 1.807) is 42.5 Å². The highest BCUT2D eigenvalue weighted by atomic mass is 79.9. The minimum Gasteiger partial charge on any atom is -0.490 e. The molecule has 3 aromatic rings. The number of hydrogen-bond donors (Lipinski definition) is 0. The Balaban J connectivity index is 1.92. The van der Waals surface area contributed by atoms with Gasteiger partial charge in [0, 0.05) is 4.47 Å². The van der Waals surface area contributed by atoms with Crippen molar-refractivity contribution in [2.24, 2.45) is 0 Å². The van der Waals surface area contributed by atoms with Crippen LogP contribution in [0.15, 0.2) is 59.1 Å². The molecule has 0 heterocycles. The summed E-state index contributed by atoms with van der Waals surface area (Å²) in [5, 5.41) is 10.5. The molecule has 0 aliphatic rings. The monoisotopic (exact) mass is 519 g/mol. The summed E-state index contributed by atoms with van der Waals surface area (Å²) < 4.78 is 26.0. The fraction of sp³-hybridized carbons (Fsp3) is 0.125. The molecule has 0 amide bonds. The molecular weight excluding hydrogens is 504 g/mol. The van der Waals surface area contributed by atoms with Crippen molar-refractivity contribution in [3.8, 4) is 17.6 Å². The van der Waals surface area contributed by atoms with Crippen LogP contribution < -0.4 is 9.47 Å². The lowest BCUT2D eigenvalue weighted by molar-refractivity contribution is 0.269. The van der Waals surface area contributed by atoms with Gasteiger partial charge in [0.1, 0.15) is 12.4 Å². The van der Waals surface area contributed by atoms with E-state index in [-0.39, 0.29) is 6.61 Å². The van der Waals surface area contributed by atoms with Crippen LogP contribution in [0.3, 0.4) is 0 Å². The average molecular weight is 521 g/mol. The predicted molar refractivity (Wildman–Crippen MR) is 126 cm³/mol. The summed E-state index contributed by atoms with van der Waals surface area (Å²) in [6.45, 7) is 2.57. The van der Waals surface area contributed by atoms with Crippen LogP contribution in [0.2, 0.25) is 10.0 Å². The van der Waals surface area contributed by atoms with Crippen LogP contribution in [0.4, 0.5) is 4.39 Å². The zero-order valence-electron chi connectivity index (χ0n) is 16.5. The lowest BCUT2D eigenvalue weighted by atomic mass is 10.0. The summed E-state index contributed by atoms with van der Waals surface area (Å²) in [5.74, 6) is 0.647. The van der Waals surface area contributed by atoms with Gasteiger partial charge in [-0.2, -0.15) is 5.26 Å². The molecule has 0 aromatic heterocycles. The Labute approximate surface area is 198 Å². The van der Waals surface area contributed by atoms with E-state index in [0.29, 0.717) is 49.3 Å². The Morgan fingerprint density at radius 2 is 1.84 bits per heavy atom. The van der Waals surface area contributed by atoms with Crippen LogP contribution >= 0.6 is 39.1 Å². The molecule has 0 unspecified atom stereocenters. The van der Waals surface area contributed by atoms with Crippen molar-refractivity contribution in [2.75, 3.05) is 6.61 Å². The molecule has 3 nitrogen and oxygen atoms in total. The molecule has 31 heavy (non-hydrogen) atoms. The van der Waals surface area contributed by atoms with Crippen molar-refractivity contribution in [1.29, 1.82) is 5.26 Å². The molecule has 0 aliphatic carbocycles. The zero-order chi connectivity index (χ0) is 22.4. The third-order valence-corrected chi connectivity index (χ3v) is 5.72. The number of nitrogens with zero attached hydrogens (tertiary/aromatic N) is 1. The molecule has 3 rings (SSSR count). The lowest BCUT2D eigenvalue weighted by Crippen LogP contribution is -2.00. The molecule has 0 N–H and O–H groups in total. The summed E-state index contributed by atoms with van der Waals surface area (Å²) in [7, 11) is 0. The molecule has 0 atom stereocenters. The molecular formula is C24H17BrCl2FNO2. The predicted octanol–water partition coefficient (Wildman–Crippen LogP) is 7.94. The van der Waals surface area contributed by atoms with Gasteiger partial charge in [-0.15, -0.1) is 0 Å². The van der Waals surface area contributed by atoms with Gasteiger partial charge in [0.15, 0.2) is 11.5 Å². The normalized spacial score (nSPS) is 11.2. The molecule has 0 spiro atoms. The number of hydrogen-bond acceptors (Lipinski definition) is 3. The first-order valence-electron chi connectivity index (χ1n) is 9.32. The fourth-order valence-corrected chi connectivity index (χ4v) is 3.58. The topological polar surface area (TPSA) is 42.2 Å². The van der Waals surface area contributed by atoms with Gasteiger partial charge in [-0.25, -0.2) is 4.39 Å². The van der Waals surface area contributed by atoms with E-state index in [2.05, 4.69) is 22.0 Å². The SMILES string of the molecule is CCOc1cc(/C=C(/C#N)c2cccc(F)c2)c(Br)cc1OCc1ccc(Cl)c(Cl)c1. The minimum atomic E-state index is -0.404. The van der Waals surface area contributed by atoms with E-state index in [1.807, 2.05) is 13.0 Å². The van der Waals surface area contributed by atoms with Crippen LogP contribution in [0.25, 0.3) is 11.6 Å². The Bertz CT molecular complexity index is 1170. The molecule has 0 radical (unpaired) electrons. The Morgan fingerprint density at radius 3 is 2.52 bits per heavy atom. The van der Waals surface area contributed by atoms with Gasteiger partial charge in [0.05, 0.1) is 28.3 Å². The van der Waals surface area contributed by atoms with E-state index in [0.717, 1.165) is 5.56 Å². The number of nitriles is 1. The highest BCUT2D eigenvalue weighted by Gasteiger charge is 2.12. The maximum absolute atomic E-state index is 13.6. The average Bonchev–Trinajstić information content (AvgIpc) is 2.75. The van der Waals surface area contributed by atoms with Crippen LogP contribution in [0.1, 0.15) is 23.6 Å². The van der Waals surface area contributed by atoms with Gasteiger partial charge in [0.25, 0.3) is 0 Å². The van der Waals surface area contributed by atoms with E-state index in [4.69, 9.17) is 32.7 Å². The summed E-state index contributed by atoms with van der Waals surface area (Å²) >= 11 is 15.6. The minimum absolute atomic E-state index is 0.269. The maximum Gasteiger partial charge on any atom is 0.162 e. The number of halogens is 4. The molecule has 0 fully saturated rings. The summed E-state index contributed by atoms with van der Waals surface area (Å²) in [5.41, 5.74) is 2.38. The quantitative estimate of drug-likeness (QED) is 0.234. The third kappa shape index (κ3) is 6.01. The van der Waals surface area contributed by atoms with E-state index >= 15 is 0 Å². The van der Waals surface area contributed by atoms with Gasteiger partial charge >= 0.3 is 0 Å². The molecule has 158 valence electrons. The highest BCUT2D eigenvalue weighted by Crippen LogP contribution is 2.36. The van der Waals surface area contributed by atoms with Crippen molar-refractivity contribution in [3.63, 3.8) is 0 Å². The van der Waals surface area contributed by atoms with Crippen molar-refractivity contribution in [3.05, 3.63) is 91.6 Å². The molecule has 0 saturated carbocycles. The van der Waals surface area contributed by atoms with Crippen molar-refractivity contribution in [2.45, 2.75) is 13.5 Å². The van der Waals surface area contributed by atoms with Crippen molar-refractivity contribution >= 4 is 50.8 Å².